The van der Waals surface area contributed by atoms with E-state index in [4.69, 9.17) is 11.6 Å². The number of rotatable bonds is 2. The van der Waals surface area contributed by atoms with E-state index in [-0.39, 0.29) is 6.04 Å². The molecule has 0 bridgehead atoms. The van der Waals surface area contributed by atoms with Crippen molar-refractivity contribution < 1.29 is 4.39 Å². The second kappa shape index (κ2) is 3.95. The Morgan fingerprint density at radius 2 is 2.54 bits per heavy atom. The molecule has 0 radical (unpaired) electrons. The number of hydrogen-bond acceptors (Lipinski definition) is 2. The first-order valence-corrected chi connectivity index (χ1v) is 5.65. The van der Waals surface area contributed by atoms with Crippen molar-refractivity contribution in [3.8, 4) is 0 Å². The Kier molecular flexibility index (Phi) is 2.86. The Balaban J connectivity index is 2.12. The van der Waals surface area contributed by atoms with Crippen LogP contribution in [0, 0.1) is 0 Å². The highest BCUT2D eigenvalue weighted by molar-refractivity contribution is 7.10. The summed E-state index contributed by atoms with van der Waals surface area (Å²) < 4.78 is 13.8. The van der Waals surface area contributed by atoms with Crippen molar-refractivity contribution >= 4 is 22.9 Å². The number of thiophene rings is 1. The minimum absolute atomic E-state index is 0.0313. The third kappa shape index (κ3) is 1.87. The van der Waals surface area contributed by atoms with Crippen LogP contribution in [0.15, 0.2) is 11.4 Å². The molecule has 2 heterocycles. The second-order valence-corrected chi connectivity index (χ2v) is 4.59. The molecule has 1 fully saturated rings. The molecule has 0 aromatic carbocycles. The van der Waals surface area contributed by atoms with Gasteiger partial charge in [0, 0.05) is 6.04 Å². The van der Waals surface area contributed by atoms with Crippen molar-refractivity contribution in [3.05, 3.63) is 21.3 Å². The van der Waals surface area contributed by atoms with Gasteiger partial charge in [0.25, 0.3) is 0 Å². The summed E-state index contributed by atoms with van der Waals surface area (Å²) in [6.45, 7) is 0.925. The maximum atomic E-state index is 13.8. The van der Waals surface area contributed by atoms with Crippen LogP contribution in [0.3, 0.4) is 0 Å². The fourth-order valence-corrected chi connectivity index (χ4v) is 2.85. The molecule has 0 saturated carbocycles. The van der Waals surface area contributed by atoms with Crippen LogP contribution in [-0.4, -0.2) is 12.6 Å². The van der Waals surface area contributed by atoms with Crippen molar-refractivity contribution in [2.45, 2.75) is 25.1 Å². The Hall–Kier alpha value is -0.120. The summed E-state index contributed by atoms with van der Waals surface area (Å²) in [4.78, 5) is 0.668. The highest BCUT2D eigenvalue weighted by Crippen LogP contribution is 2.35. The van der Waals surface area contributed by atoms with Crippen LogP contribution in [0.2, 0.25) is 5.02 Å². The molecule has 1 aromatic rings. The molecular formula is C9H11ClFNS. The van der Waals surface area contributed by atoms with Gasteiger partial charge in [0.2, 0.25) is 0 Å². The van der Waals surface area contributed by atoms with Crippen LogP contribution in [0.4, 0.5) is 4.39 Å². The van der Waals surface area contributed by atoms with E-state index in [2.05, 4.69) is 5.32 Å². The van der Waals surface area contributed by atoms with Crippen LogP contribution in [0.25, 0.3) is 0 Å². The van der Waals surface area contributed by atoms with Crippen molar-refractivity contribution in [1.29, 1.82) is 0 Å². The summed E-state index contributed by atoms with van der Waals surface area (Å²) in [7, 11) is 0. The predicted octanol–water partition coefficient (Wildman–Crippen LogP) is 3.16. The van der Waals surface area contributed by atoms with E-state index in [0.717, 1.165) is 19.4 Å². The number of hydrogen-bond donors (Lipinski definition) is 1. The summed E-state index contributed by atoms with van der Waals surface area (Å²) in [5, 5.41) is 5.54. The first-order valence-electron chi connectivity index (χ1n) is 4.39. The van der Waals surface area contributed by atoms with E-state index in [1.54, 1.807) is 6.07 Å². The molecule has 0 amide bonds. The standard InChI is InChI=1S/C9H11ClFNS/c10-6-3-5-13-9(6)8(11)7-2-1-4-12-7/h3,5,7-8,12H,1-2,4H2. The molecule has 0 spiro atoms. The van der Waals surface area contributed by atoms with Gasteiger partial charge in [-0.1, -0.05) is 11.6 Å². The summed E-state index contributed by atoms with van der Waals surface area (Å²) >= 11 is 7.25. The smallest absolute Gasteiger partial charge is 0.151 e. The van der Waals surface area contributed by atoms with Crippen molar-refractivity contribution in [3.63, 3.8) is 0 Å². The lowest BCUT2D eigenvalue weighted by molar-refractivity contribution is 0.276. The lowest BCUT2D eigenvalue weighted by atomic mass is 10.1. The first-order chi connectivity index (χ1) is 6.29. The molecule has 0 aliphatic carbocycles. The third-order valence-electron chi connectivity index (χ3n) is 2.35. The van der Waals surface area contributed by atoms with E-state index in [9.17, 15) is 4.39 Å². The van der Waals surface area contributed by atoms with Crippen molar-refractivity contribution in [2.75, 3.05) is 6.54 Å². The van der Waals surface area contributed by atoms with Gasteiger partial charge in [-0.25, -0.2) is 4.39 Å². The quantitative estimate of drug-likeness (QED) is 0.806. The SMILES string of the molecule is FC(c1sccc1Cl)C1CCCN1. The molecule has 13 heavy (non-hydrogen) atoms. The van der Waals surface area contributed by atoms with Crippen LogP contribution < -0.4 is 5.32 Å². The molecule has 4 heteroatoms. The van der Waals surface area contributed by atoms with E-state index < -0.39 is 6.17 Å². The lowest BCUT2D eigenvalue weighted by Crippen LogP contribution is -2.26. The molecule has 2 atom stereocenters. The van der Waals surface area contributed by atoms with Crippen LogP contribution in [0.5, 0.6) is 0 Å². The summed E-state index contributed by atoms with van der Waals surface area (Å²) in [5.74, 6) is 0. The maximum absolute atomic E-state index is 13.8. The lowest BCUT2D eigenvalue weighted by Gasteiger charge is -2.14. The average molecular weight is 220 g/mol. The van der Waals surface area contributed by atoms with Gasteiger partial charge in [0.15, 0.2) is 6.17 Å². The molecule has 2 unspecified atom stereocenters. The Bertz CT molecular complexity index is 283. The highest BCUT2D eigenvalue weighted by Gasteiger charge is 2.27. The van der Waals surface area contributed by atoms with Gasteiger partial charge in [-0.2, -0.15) is 0 Å². The molecule has 1 nitrogen and oxygen atoms in total. The largest absolute Gasteiger partial charge is 0.311 e. The zero-order chi connectivity index (χ0) is 9.26. The minimum atomic E-state index is -0.935. The van der Waals surface area contributed by atoms with Gasteiger partial charge in [-0.05, 0) is 30.8 Å². The first kappa shape index (κ1) is 9.44. The topological polar surface area (TPSA) is 12.0 Å². The van der Waals surface area contributed by atoms with Gasteiger partial charge in [0.1, 0.15) is 0 Å². The Morgan fingerprint density at radius 1 is 1.69 bits per heavy atom. The molecule has 1 aliphatic heterocycles. The Labute approximate surface area is 85.9 Å². The van der Waals surface area contributed by atoms with Crippen LogP contribution in [0.1, 0.15) is 23.9 Å². The van der Waals surface area contributed by atoms with Gasteiger partial charge in [-0.3, -0.25) is 0 Å². The molecule has 1 N–H and O–H groups in total. The molecule has 2 rings (SSSR count). The summed E-state index contributed by atoms with van der Waals surface area (Å²) in [6.07, 6.45) is 1.04. The third-order valence-corrected chi connectivity index (χ3v) is 3.76. The van der Waals surface area contributed by atoms with E-state index in [0.29, 0.717) is 9.90 Å². The van der Waals surface area contributed by atoms with E-state index in [1.165, 1.54) is 11.3 Å². The van der Waals surface area contributed by atoms with Crippen LogP contribution in [-0.2, 0) is 0 Å². The zero-order valence-corrected chi connectivity index (χ0v) is 8.67. The average Bonchev–Trinajstić information content (AvgIpc) is 2.72. The predicted molar refractivity (Wildman–Crippen MR) is 54.2 cm³/mol. The van der Waals surface area contributed by atoms with E-state index in [1.807, 2.05) is 5.38 Å². The molecule has 1 aliphatic rings. The minimum Gasteiger partial charge on any atom is -0.311 e. The summed E-state index contributed by atoms with van der Waals surface area (Å²) in [5.41, 5.74) is 0. The summed E-state index contributed by atoms with van der Waals surface area (Å²) in [6, 6.07) is 1.72. The Morgan fingerprint density at radius 3 is 3.08 bits per heavy atom. The van der Waals surface area contributed by atoms with Gasteiger partial charge in [0.05, 0.1) is 9.90 Å². The zero-order valence-electron chi connectivity index (χ0n) is 7.09. The van der Waals surface area contributed by atoms with Gasteiger partial charge < -0.3 is 5.32 Å². The second-order valence-electron chi connectivity index (χ2n) is 3.24. The van der Waals surface area contributed by atoms with Crippen molar-refractivity contribution in [1.82, 2.24) is 5.32 Å². The van der Waals surface area contributed by atoms with Gasteiger partial charge in [-0.15, -0.1) is 11.3 Å². The molecule has 1 aromatic heterocycles. The van der Waals surface area contributed by atoms with E-state index >= 15 is 0 Å². The van der Waals surface area contributed by atoms with Crippen molar-refractivity contribution in [2.24, 2.45) is 0 Å². The maximum Gasteiger partial charge on any atom is 0.151 e. The fourth-order valence-electron chi connectivity index (χ4n) is 1.65. The van der Waals surface area contributed by atoms with Crippen LogP contribution >= 0.6 is 22.9 Å². The van der Waals surface area contributed by atoms with Gasteiger partial charge >= 0.3 is 0 Å². The monoisotopic (exact) mass is 219 g/mol. The normalized spacial score (nSPS) is 24.9. The number of halogens is 2. The number of alkyl halides is 1. The number of nitrogens with one attached hydrogen (secondary N) is 1. The fraction of sp³-hybridized carbons (Fsp3) is 0.556. The molecular weight excluding hydrogens is 209 g/mol. The highest BCUT2D eigenvalue weighted by atomic mass is 35.5. The molecule has 1 saturated heterocycles. The molecule has 72 valence electrons.